The number of carbonyl (C=O) groups excluding carboxylic acids is 1. The summed E-state index contributed by atoms with van der Waals surface area (Å²) in [5, 5.41) is 0. The van der Waals surface area contributed by atoms with Crippen LogP contribution in [0.1, 0.15) is 6.92 Å². The lowest BCUT2D eigenvalue weighted by Crippen LogP contribution is -2.13. The van der Waals surface area contributed by atoms with Gasteiger partial charge in [-0.05, 0) is 41.8 Å². The van der Waals surface area contributed by atoms with Gasteiger partial charge in [-0.15, -0.1) is 0 Å². The van der Waals surface area contributed by atoms with E-state index in [1.807, 2.05) is 42.6 Å². The molecule has 0 unspecified atom stereocenters. The number of aromatic nitrogens is 1. The first-order chi connectivity index (χ1) is 10.7. The Morgan fingerprint density at radius 3 is 2.55 bits per heavy atom. The molecule has 0 amide bonds. The molecule has 0 aliphatic heterocycles. The van der Waals surface area contributed by atoms with Crippen molar-refractivity contribution < 1.29 is 14.3 Å². The highest BCUT2D eigenvalue weighted by Gasteiger charge is 2.02. The van der Waals surface area contributed by atoms with E-state index < -0.39 is 0 Å². The van der Waals surface area contributed by atoms with E-state index in [1.165, 1.54) is 0 Å². The molecule has 2 rings (SSSR count). The topological polar surface area (TPSA) is 48.4 Å². The molecule has 2 aromatic rings. The maximum Gasteiger partial charge on any atom is 0.183 e. The standard InChI is InChI=1S/C18H19NO3/c1-14(2)18(20)13-21-10-11-22-17-7-5-15(6-8-17)16-4-3-9-19-12-16/h3-9,12H,1,10-11,13H2,2H3. The van der Waals surface area contributed by atoms with Crippen LogP contribution in [-0.2, 0) is 9.53 Å². The third-order valence-corrected chi connectivity index (χ3v) is 3.05. The molecule has 114 valence electrons. The molecule has 0 saturated heterocycles. The number of Topliss-reactive ketones (excluding diaryl/α,β-unsaturated/α-hetero) is 1. The van der Waals surface area contributed by atoms with Gasteiger partial charge in [0.1, 0.15) is 19.0 Å². The fraction of sp³-hybridized carbons (Fsp3) is 0.222. The Morgan fingerprint density at radius 1 is 1.14 bits per heavy atom. The van der Waals surface area contributed by atoms with E-state index in [0.717, 1.165) is 16.9 Å². The van der Waals surface area contributed by atoms with E-state index in [4.69, 9.17) is 9.47 Å². The van der Waals surface area contributed by atoms with Crippen molar-refractivity contribution >= 4 is 5.78 Å². The lowest BCUT2D eigenvalue weighted by atomic mass is 10.1. The first-order valence-electron chi connectivity index (χ1n) is 7.06. The largest absolute Gasteiger partial charge is 0.491 e. The number of rotatable bonds is 8. The Balaban J connectivity index is 1.75. The van der Waals surface area contributed by atoms with Crippen molar-refractivity contribution in [2.75, 3.05) is 19.8 Å². The molecule has 1 heterocycles. The van der Waals surface area contributed by atoms with Crippen molar-refractivity contribution in [1.29, 1.82) is 0 Å². The molecule has 0 radical (unpaired) electrons. The first-order valence-corrected chi connectivity index (χ1v) is 7.06. The molecule has 0 spiro atoms. The van der Waals surface area contributed by atoms with Crippen molar-refractivity contribution in [3.63, 3.8) is 0 Å². The normalized spacial score (nSPS) is 10.2. The second-order valence-corrected chi connectivity index (χ2v) is 4.87. The number of ether oxygens (including phenoxy) is 2. The molecule has 1 aromatic carbocycles. The Bertz CT molecular complexity index is 621. The van der Waals surface area contributed by atoms with Gasteiger partial charge in [0.15, 0.2) is 5.78 Å². The highest BCUT2D eigenvalue weighted by Crippen LogP contribution is 2.21. The number of hydrogen-bond acceptors (Lipinski definition) is 4. The smallest absolute Gasteiger partial charge is 0.183 e. The molecule has 0 saturated carbocycles. The molecule has 0 bridgehead atoms. The molecule has 0 fully saturated rings. The molecular formula is C18H19NO3. The van der Waals surface area contributed by atoms with E-state index in [1.54, 1.807) is 13.1 Å². The minimum absolute atomic E-state index is 0.0542. The summed E-state index contributed by atoms with van der Waals surface area (Å²) in [6, 6.07) is 11.7. The van der Waals surface area contributed by atoms with Gasteiger partial charge in [0.05, 0.1) is 6.61 Å². The molecule has 1 aromatic heterocycles. The second kappa shape index (κ2) is 8.10. The van der Waals surface area contributed by atoms with Crippen LogP contribution < -0.4 is 4.74 Å². The van der Waals surface area contributed by atoms with Gasteiger partial charge in [-0.1, -0.05) is 24.8 Å². The van der Waals surface area contributed by atoms with E-state index in [0.29, 0.717) is 18.8 Å². The summed E-state index contributed by atoms with van der Waals surface area (Å²) in [7, 11) is 0. The van der Waals surface area contributed by atoms with Crippen LogP contribution in [-0.4, -0.2) is 30.6 Å². The van der Waals surface area contributed by atoms with Gasteiger partial charge in [-0.2, -0.15) is 0 Å². The van der Waals surface area contributed by atoms with E-state index in [9.17, 15) is 4.79 Å². The molecule has 4 nitrogen and oxygen atoms in total. The maximum atomic E-state index is 11.3. The Morgan fingerprint density at radius 2 is 1.91 bits per heavy atom. The van der Waals surface area contributed by atoms with Crippen LogP contribution in [0.4, 0.5) is 0 Å². The average Bonchev–Trinajstić information content (AvgIpc) is 2.55. The van der Waals surface area contributed by atoms with Crippen molar-refractivity contribution in [2.45, 2.75) is 6.92 Å². The quantitative estimate of drug-likeness (QED) is 0.554. The fourth-order valence-corrected chi connectivity index (χ4v) is 1.78. The third-order valence-electron chi connectivity index (χ3n) is 3.05. The number of pyridine rings is 1. The first kappa shape index (κ1) is 15.9. The van der Waals surface area contributed by atoms with Crippen molar-refractivity contribution in [2.24, 2.45) is 0 Å². The summed E-state index contributed by atoms with van der Waals surface area (Å²) in [6.07, 6.45) is 3.57. The van der Waals surface area contributed by atoms with Gasteiger partial charge in [0.2, 0.25) is 0 Å². The summed E-state index contributed by atoms with van der Waals surface area (Å²) in [5.74, 6) is 0.684. The van der Waals surface area contributed by atoms with Crippen molar-refractivity contribution in [1.82, 2.24) is 4.98 Å². The van der Waals surface area contributed by atoms with Gasteiger partial charge in [0.25, 0.3) is 0 Å². The minimum Gasteiger partial charge on any atom is -0.491 e. The van der Waals surface area contributed by atoms with E-state index >= 15 is 0 Å². The summed E-state index contributed by atoms with van der Waals surface area (Å²) in [4.78, 5) is 15.4. The highest BCUT2D eigenvalue weighted by atomic mass is 16.5. The van der Waals surface area contributed by atoms with Crippen LogP contribution in [0.25, 0.3) is 11.1 Å². The average molecular weight is 297 g/mol. The lowest BCUT2D eigenvalue weighted by molar-refractivity contribution is -0.120. The Hall–Kier alpha value is -2.46. The number of carbonyl (C=O) groups is 1. The SMILES string of the molecule is C=C(C)C(=O)COCCOc1ccc(-c2cccnc2)cc1. The summed E-state index contributed by atoms with van der Waals surface area (Å²) in [6.45, 7) is 6.06. The van der Waals surface area contributed by atoms with Gasteiger partial charge < -0.3 is 9.47 Å². The number of nitrogens with zero attached hydrogens (tertiary/aromatic N) is 1. The molecule has 0 aliphatic rings. The van der Waals surface area contributed by atoms with Crippen molar-refractivity contribution in [3.8, 4) is 16.9 Å². The molecular weight excluding hydrogens is 278 g/mol. The number of benzene rings is 1. The van der Waals surface area contributed by atoms with E-state index in [2.05, 4.69) is 11.6 Å². The third kappa shape index (κ3) is 4.82. The zero-order chi connectivity index (χ0) is 15.8. The fourth-order valence-electron chi connectivity index (χ4n) is 1.78. The molecule has 0 aliphatic carbocycles. The molecule has 0 atom stereocenters. The monoisotopic (exact) mass is 297 g/mol. The van der Waals surface area contributed by atoms with Gasteiger partial charge >= 0.3 is 0 Å². The van der Waals surface area contributed by atoms with Crippen LogP contribution in [0.2, 0.25) is 0 Å². The van der Waals surface area contributed by atoms with Gasteiger partial charge in [0, 0.05) is 12.4 Å². The second-order valence-electron chi connectivity index (χ2n) is 4.87. The number of ketones is 1. The lowest BCUT2D eigenvalue weighted by Gasteiger charge is -2.08. The van der Waals surface area contributed by atoms with Crippen LogP contribution in [0.15, 0.2) is 60.9 Å². The predicted octanol–water partition coefficient (Wildman–Crippen LogP) is 3.29. The van der Waals surface area contributed by atoms with Crippen molar-refractivity contribution in [3.05, 3.63) is 60.9 Å². The number of hydrogen-bond donors (Lipinski definition) is 0. The summed E-state index contributed by atoms with van der Waals surface area (Å²) in [5.41, 5.74) is 2.66. The zero-order valence-electron chi connectivity index (χ0n) is 12.6. The van der Waals surface area contributed by atoms with Crippen LogP contribution in [0.3, 0.4) is 0 Å². The molecule has 22 heavy (non-hydrogen) atoms. The Kier molecular flexibility index (Phi) is 5.86. The maximum absolute atomic E-state index is 11.3. The van der Waals surface area contributed by atoms with E-state index in [-0.39, 0.29) is 12.4 Å². The van der Waals surface area contributed by atoms with Crippen LogP contribution in [0, 0.1) is 0 Å². The molecule has 0 N–H and O–H groups in total. The van der Waals surface area contributed by atoms with Gasteiger partial charge in [-0.3, -0.25) is 9.78 Å². The minimum atomic E-state index is -0.0826. The highest BCUT2D eigenvalue weighted by molar-refractivity contribution is 5.95. The predicted molar refractivity (Wildman–Crippen MR) is 85.8 cm³/mol. The Labute approximate surface area is 130 Å². The van der Waals surface area contributed by atoms with Gasteiger partial charge in [-0.25, -0.2) is 0 Å². The zero-order valence-corrected chi connectivity index (χ0v) is 12.6. The van der Waals surface area contributed by atoms with Crippen LogP contribution in [0.5, 0.6) is 5.75 Å². The summed E-state index contributed by atoms with van der Waals surface area (Å²) < 4.78 is 10.8. The summed E-state index contributed by atoms with van der Waals surface area (Å²) >= 11 is 0. The van der Waals surface area contributed by atoms with Crippen LogP contribution >= 0.6 is 0 Å². The molecule has 4 heteroatoms.